The number of carbonyl (C=O) groups excluding carboxylic acids is 1. The van der Waals surface area contributed by atoms with Crippen molar-refractivity contribution >= 4 is 5.97 Å². The summed E-state index contributed by atoms with van der Waals surface area (Å²) in [6.45, 7) is 9.05. The second kappa shape index (κ2) is 14.5. The number of methoxy groups -OCH3 is 1. The molecule has 0 bridgehead atoms. The van der Waals surface area contributed by atoms with Crippen molar-refractivity contribution in [3.63, 3.8) is 0 Å². The number of unbranched alkanes of at least 4 members (excludes halogenated alkanes) is 4. The van der Waals surface area contributed by atoms with Crippen molar-refractivity contribution in [1.29, 1.82) is 0 Å². The van der Waals surface area contributed by atoms with E-state index in [-0.39, 0.29) is 0 Å². The Hall–Kier alpha value is -1.05. The second-order valence-electron chi connectivity index (χ2n) is 2.87. The summed E-state index contributed by atoms with van der Waals surface area (Å²) < 4.78 is 4.14. The molecule has 0 heterocycles. The molecule has 0 spiro atoms. The fraction of sp³-hybridized carbons (Fsp3) is 0.583. The van der Waals surface area contributed by atoms with Gasteiger partial charge >= 0.3 is 5.97 Å². The Kier molecular flexibility index (Phi) is 15.9. The summed E-state index contributed by atoms with van der Waals surface area (Å²) in [6, 6.07) is 0. The summed E-state index contributed by atoms with van der Waals surface area (Å²) in [5.74, 6) is -0.394. The van der Waals surface area contributed by atoms with Gasteiger partial charge in [-0.05, 0) is 12.8 Å². The van der Waals surface area contributed by atoms with E-state index < -0.39 is 5.97 Å². The van der Waals surface area contributed by atoms with Crippen molar-refractivity contribution in [2.45, 2.75) is 39.0 Å². The van der Waals surface area contributed by atoms with Crippen molar-refractivity contribution in [3.8, 4) is 0 Å². The lowest BCUT2D eigenvalue weighted by Gasteiger charge is -1.91. The zero-order valence-corrected chi connectivity index (χ0v) is 9.42. The van der Waals surface area contributed by atoms with Crippen LogP contribution in [-0.2, 0) is 9.53 Å². The lowest BCUT2D eigenvalue weighted by molar-refractivity contribution is -0.134. The third-order valence-corrected chi connectivity index (χ3v) is 1.63. The summed E-state index contributed by atoms with van der Waals surface area (Å²) in [6.07, 6.45) is 9.72. The zero-order valence-electron chi connectivity index (χ0n) is 9.42. The van der Waals surface area contributed by atoms with E-state index in [9.17, 15) is 4.79 Å². The van der Waals surface area contributed by atoms with Crippen LogP contribution in [0.25, 0.3) is 0 Å². The smallest absolute Gasteiger partial charge is 0.329 e. The molecule has 0 aromatic rings. The number of allylic oxidation sites excluding steroid dienone is 1. The minimum absolute atomic E-state index is 0.394. The summed E-state index contributed by atoms with van der Waals surface area (Å²) in [5, 5.41) is 0. The Morgan fingerprint density at radius 2 is 1.93 bits per heavy atom. The highest BCUT2D eigenvalue weighted by atomic mass is 16.5. The van der Waals surface area contributed by atoms with Crippen LogP contribution in [0, 0.1) is 0 Å². The maximum atomic E-state index is 9.84. The predicted octanol–water partition coefficient (Wildman–Crippen LogP) is 3.49. The maximum absolute atomic E-state index is 9.84. The van der Waals surface area contributed by atoms with Gasteiger partial charge in [0.05, 0.1) is 7.11 Å². The van der Waals surface area contributed by atoms with Crippen molar-refractivity contribution in [2.75, 3.05) is 7.11 Å². The molecule has 0 saturated heterocycles. The first-order chi connectivity index (χ1) is 6.72. The van der Waals surface area contributed by atoms with Gasteiger partial charge in [0, 0.05) is 6.08 Å². The van der Waals surface area contributed by atoms with Crippen LogP contribution in [0.15, 0.2) is 25.3 Å². The average Bonchev–Trinajstić information content (AvgIpc) is 2.24. The van der Waals surface area contributed by atoms with Gasteiger partial charge in [-0.25, -0.2) is 4.79 Å². The van der Waals surface area contributed by atoms with Gasteiger partial charge in [0.2, 0.25) is 0 Å². The van der Waals surface area contributed by atoms with Crippen LogP contribution in [0.3, 0.4) is 0 Å². The quantitative estimate of drug-likeness (QED) is 0.282. The molecule has 0 aliphatic rings. The monoisotopic (exact) mass is 198 g/mol. The van der Waals surface area contributed by atoms with E-state index in [4.69, 9.17) is 0 Å². The van der Waals surface area contributed by atoms with Crippen molar-refractivity contribution in [1.82, 2.24) is 0 Å². The van der Waals surface area contributed by atoms with Gasteiger partial charge in [-0.1, -0.05) is 38.8 Å². The van der Waals surface area contributed by atoms with E-state index in [1.54, 1.807) is 0 Å². The molecule has 0 aliphatic heterocycles. The number of ether oxygens (including phenoxy) is 1. The highest BCUT2D eigenvalue weighted by Crippen LogP contribution is 2.01. The molecule has 0 unspecified atom stereocenters. The molecule has 2 nitrogen and oxygen atoms in total. The molecule has 14 heavy (non-hydrogen) atoms. The van der Waals surface area contributed by atoms with Crippen LogP contribution < -0.4 is 0 Å². The van der Waals surface area contributed by atoms with Crippen LogP contribution in [0.2, 0.25) is 0 Å². The molecule has 0 fully saturated rings. The molecular formula is C12H22O2. The summed E-state index contributed by atoms with van der Waals surface area (Å²) in [5.41, 5.74) is 0. The van der Waals surface area contributed by atoms with Crippen molar-refractivity contribution < 1.29 is 9.53 Å². The van der Waals surface area contributed by atoms with Gasteiger partial charge in [0.15, 0.2) is 0 Å². The topological polar surface area (TPSA) is 26.3 Å². The number of rotatable bonds is 6. The molecule has 0 aromatic carbocycles. The fourth-order valence-electron chi connectivity index (χ4n) is 0.799. The Bertz CT molecular complexity index is 150. The first-order valence-corrected chi connectivity index (χ1v) is 5.04. The number of esters is 1. The Balaban J connectivity index is 0. The highest BCUT2D eigenvalue weighted by molar-refractivity contribution is 5.80. The molecule has 0 atom stereocenters. The predicted molar refractivity (Wildman–Crippen MR) is 61.2 cm³/mol. The third-order valence-electron chi connectivity index (χ3n) is 1.63. The van der Waals surface area contributed by atoms with Gasteiger partial charge in [0.25, 0.3) is 0 Å². The third kappa shape index (κ3) is 17.2. The van der Waals surface area contributed by atoms with Crippen LogP contribution in [0.4, 0.5) is 0 Å². The van der Waals surface area contributed by atoms with E-state index in [2.05, 4.69) is 24.8 Å². The molecule has 0 amide bonds. The molecule has 2 heteroatoms. The Labute approximate surface area is 87.7 Å². The molecule has 0 aromatic heterocycles. The van der Waals surface area contributed by atoms with Crippen LogP contribution >= 0.6 is 0 Å². The van der Waals surface area contributed by atoms with Gasteiger partial charge in [-0.2, -0.15) is 0 Å². The lowest BCUT2D eigenvalue weighted by atomic mass is 10.2. The van der Waals surface area contributed by atoms with Gasteiger partial charge in [0.1, 0.15) is 0 Å². The van der Waals surface area contributed by atoms with Crippen molar-refractivity contribution in [2.24, 2.45) is 0 Å². The van der Waals surface area contributed by atoms with Crippen LogP contribution in [-0.4, -0.2) is 13.1 Å². The van der Waals surface area contributed by atoms with Gasteiger partial charge < -0.3 is 4.74 Å². The van der Waals surface area contributed by atoms with Crippen LogP contribution in [0.5, 0.6) is 0 Å². The molecule has 0 radical (unpaired) electrons. The minimum atomic E-state index is -0.394. The van der Waals surface area contributed by atoms with E-state index >= 15 is 0 Å². The Morgan fingerprint density at radius 3 is 2.21 bits per heavy atom. The molecule has 0 saturated carbocycles. The summed E-state index contributed by atoms with van der Waals surface area (Å²) in [7, 11) is 1.31. The number of hydrogen-bond acceptors (Lipinski definition) is 2. The highest BCUT2D eigenvalue weighted by Gasteiger charge is 1.82. The standard InChI is InChI=1S/C8H16.C4H6O2/c1-3-5-7-8-6-4-2;1-3-4(5)6-2/h3H,1,4-8H2,2H3;3H,1H2,2H3. The largest absolute Gasteiger partial charge is 0.466 e. The first-order valence-electron chi connectivity index (χ1n) is 5.04. The summed E-state index contributed by atoms with van der Waals surface area (Å²) in [4.78, 5) is 9.84. The number of hydrogen-bond donors (Lipinski definition) is 0. The van der Waals surface area contributed by atoms with Crippen molar-refractivity contribution in [3.05, 3.63) is 25.3 Å². The summed E-state index contributed by atoms with van der Waals surface area (Å²) >= 11 is 0. The normalized spacial score (nSPS) is 8.14. The molecule has 82 valence electrons. The maximum Gasteiger partial charge on any atom is 0.329 e. The molecular weight excluding hydrogens is 176 g/mol. The first kappa shape index (κ1) is 15.4. The van der Waals surface area contributed by atoms with E-state index in [1.165, 1.54) is 39.2 Å². The zero-order chi connectivity index (χ0) is 11.2. The fourth-order valence-corrected chi connectivity index (χ4v) is 0.799. The molecule has 0 rings (SSSR count). The molecule has 0 N–H and O–H groups in total. The van der Waals surface area contributed by atoms with E-state index in [0.717, 1.165) is 6.08 Å². The minimum Gasteiger partial charge on any atom is -0.466 e. The second-order valence-corrected chi connectivity index (χ2v) is 2.87. The van der Waals surface area contributed by atoms with Gasteiger partial charge in [-0.15, -0.1) is 6.58 Å². The SMILES string of the molecule is C=CC(=O)OC.C=CCCCCCC. The molecule has 0 aliphatic carbocycles. The Morgan fingerprint density at radius 1 is 1.29 bits per heavy atom. The van der Waals surface area contributed by atoms with E-state index in [1.807, 2.05) is 6.08 Å². The van der Waals surface area contributed by atoms with E-state index in [0.29, 0.717) is 0 Å². The number of carbonyl (C=O) groups is 1. The van der Waals surface area contributed by atoms with Crippen LogP contribution in [0.1, 0.15) is 39.0 Å². The average molecular weight is 198 g/mol. The van der Waals surface area contributed by atoms with Gasteiger partial charge in [-0.3, -0.25) is 0 Å². The lowest BCUT2D eigenvalue weighted by Crippen LogP contribution is -1.91.